The van der Waals surface area contributed by atoms with Gasteiger partial charge in [0.1, 0.15) is 11.5 Å². The Morgan fingerprint density at radius 3 is 2.20 bits per heavy atom. The predicted octanol–water partition coefficient (Wildman–Crippen LogP) is 6.40. The highest BCUT2D eigenvalue weighted by Gasteiger charge is 2.12. The summed E-state index contributed by atoms with van der Waals surface area (Å²) >= 11 is 5.90. The molecule has 176 valence electrons. The van der Waals surface area contributed by atoms with Crippen molar-refractivity contribution in [3.05, 3.63) is 119 Å². The monoisotopic (exact) mass is 485 g/mol. The maximum atomic E-state index is 12.5. The lowest BCUT2D eigenvalue weighted by Gasteiger charge is -2.13. The number of nitrogens with one attached hydrogen (secondary N) is 1. The molecule has 0 aromatic heterocycles. The van der Waals surface area contributed by atoms with Gasteiger partial charge in [0.2, 0.25) is 0 Å². The maximum Gasteiger partial charge on any atom is 0.307 e. The molecule has 35 heavy (non-hydrogen) atoms. The number of aliphatic carboxylic acids is 1. The van der Waals surface area contributed by atoms with Gasteiger partial charge in [-0.05, 0) is 71.6 Å². The number of hydrogen-bond acceptors (Lipinski definition) is 3. The highest BCUT2D eigenvalue weighted by molar-refractivity contribution is 6.30. The fourth-order valence-electron chi connectivity index (χ4n) is 3.67. The Kier molecular flexibility index (Phi) is 7.81. The van der Waals surface area contributed by atoms with Gasteiger partial charge in [-0.2, -0.15) is 0 Å². The van der Waals surface area contributed by atoms with Crippen molar-refractivity contribution in [3.8, 4) is 22.6 Å². The van der Waals surface area contributed by atoms with Crippen LogP contribution in [-0.4, -0.2) is 23.5 Å². The number of amides is 1. The molecule has 0 unspecified atom stereocenters. The summed E-state index contributed by atoms with van der Waals surface area (Å²) in [6.07, 6.45) is 0.645. The minimum Gasteiger partial charge on any atom is -0.481 e. The molecule has 4 aromatic rings. The van der Waals surface area contributed by atoms with Crippen LogP contribution in [0.5, 0.6) is 11.5 Å². The number of carboxylic acids is 1. The largest absolute Gasteiger partial charge is 0.481 e. The van der Waals surface area contributed by atoms with Crippen LogP contribution in [0, 0.1) is 0 Å². The van der Waals surface area contributed by atoms with E-state index < -0.39 is 5.97 Å². The second-order valence-electron chi connectivity index (χ2n) is 8.03. The van der Waals surface area contributed by atoms with Gasteiger partial charge in [0, 0.05) is 22.7 Å². The number of halogens is 1. The Balaban J connectivity index is 1.43. The molecule has 0 spiro atoms. The van der Waals surface area contributed by atoms with Gasteiger partial charge in [-0.3, -0.25) is 9.59 Å². The zero-order valence-corrected chi connectivity index (χ0v) is 19.7. The summed E-state index contributed by atoms with van der Waals surface area (Å²) in [7, 11) is 0. The van der Waals surface area contributed by atoms with Crippen molar-refractivity contribution in [2.75, 3.05) is 6.54 Å². The molecule has 0 saturated carbocycles. The molecular formula is C29H24ClNO4. The first-order chi connectivity index (χ1) is 17.0. The van der Waals surface area contributed by atoms with E-state index in [1.165, 1.54) is 0 Å². The predicted molar refractivity (Wildman–Crippen MR) is 137 cm³/mol. The van der Waals surface area contributed by atoms with E-state index in [4.69, 9.17) is 21.4 Å². The van der Waals surface area contributed by atoms with Crippen molar-refractivity contribution in [1.82, 2.24) is 5.32 Å². The fraction of sp³-hybridized carbons (Fsp3) is 0.103. The molecule has 0 aliphatic heterocycles. The third-order valence-electron chi connectivity index (χ3n) is 5.44. The van der Waals surface area contributed by atoms with Gasteiger partial charge >= 0.3 is 5.97 Å². The zero-order chi connectivity index (χ0) is 24.6. The molecule has 0 atom stereocenters. The van der Waals surface area contributed by atoms with Crippen LogP contribution >= 0.6 is 11.6 Å². The van der Waals surface area contributed by atoms with Gasteiger partial charge in [-0.15, -0.1) is 0 Å². The molecule has 5 nitrogen and oxygen atoms in total. The van der Waals surface area contributed by atoms with Crippen LogP contribution in [0.1, 0.15) is 21.5 Å². The fourth-order valence-corrected chi connectivity index (χ4v) is 3.79. The standard InChI is InChI=1S/C29H24ClNO4/c30-24-11-6-20(7-12-24)16-17-31-29(34)23-9-13-25(14-10-23)35-27-15-8-21(19-28(32)33)18-26(27)22-4-2-1-3-5-22/h1-15,18H,16-17,19H2,(H,31,34)(H,32,33). The highest BCUT2D eigenvalue weighted by Crippen LogP contribution is 2.34. The van der Waals surface area contributed by atoms with Gasteiger partial charge in [0.05, 0.1) is 6.42 Å². The van der Waals surface area contributed by atoms with E-state index in [9.17, 15) is 9.59 Å². The third-order valence-corrected chi connectivity index (χ3v) is 5.69. The second kappa shape index (κ2) is 11.4. The van der Waals surface area contributed by atoms with Gasteiger partial charge in [-0.25, -0.2) is 0 Å². The van der Waals surface area contributed by atoms with Crippen LogP contribution in [0.4, 0.5) is 0 Å². The quantitative estimate of drug-likeness (QED) is 0.287. The number of benzene rings is 4. The van der Waals surface area contributed by atoms with E-state index in [2.05, 4.69) is 5.32 Å². The number of hydrogen-bond donors (Lipinski definition) is 2. The first kappa shape index (κ1) is 24.0. The molecule has 0 saturated heterocycles. The second-order valence-corrected chi connectivity index (χ2v) is 8.46. The van der Waals surface area contributed by atoms with Crippen LogP contribution in [-0.2, 0) is 17.6 Å². The van der Waals surface area contributed by atoms with Crippen LogP contribution in [0.15, 0.2) is 97.1 Å². The topological polar surface area (TPSA) is 75.6 Å². The summed E-state index contributed by atoms with van der Waals surface area (Å²) in [5, 5.41) is 12.8. The van der Waals surface area contributed by atoms with Crippen molar-refractivity contribution in [2.24, 2.45) is 0 Å². The molecule has 0 aliphatic carbocycles. The number of carboxylic acid groups (broad SMARTS) is 1. The Morgan fingerprint density at radius 2 is 1.51 bits per heavy atom. The van der Waals surface area contributed by atoms with Gasteiger partial charge in [-0.1, -0.05) is 60.1 Å². The summed E-state index contributed by atoms with van der Waals surface area (Å²) in [5.74, 6) is 0.129. The number of carbonyl (C=O) groups excluding carboxylic acids is 1. The van der Waals surface area contributed by atoms with Crippen molar-refractivity contribution in [2.45, 2.75) is 12.8 Å². The molecular weight excluding hydrogens is 462 g/mol. The van der Waals surface area contributed by atoms with Gasteiger partial charge in [0.15, 0.2) is 0 Å². The Bertz CT molecular complexity index is 1300. The van der Waals surface area contributed by atoms with E-state index in [1.807, 2.05) is 60.7 Å². The molecule has 4 rings (SSSR count). The lowest BCUT2D eigenvalue weighted by molar-refractivity contribution is -0.136. The average molecular weight is 486 g/mol. The molecule has 0 heterocycles. The molecule has 0 radical (unpaired) electrons. The number of ether oxygens (including phenoxy) is 1. The highest BCUT2D eigenvalue weighted by atomic mass is 35.5. The lowest BCUT2D eigenvalue weighted by atomic mass is 10.0. The zero-order valence-electron chi connectivity index (χ0n) is 18.9. The Labute approximate surface area is 209 Å². The van der Waals surface area contributed by atoms with Crippen LogP contribution in [0.2, 0.25) is 5.02 Å². The van der Waals surface area contributed by atoms with Gasteiger partial charge in [0.25, 0.3) is 5.91 Å². The van der Waals surface area contributed by atoms with E-state index in [0.29, 0.717) is 40.6 Å². The summed E-state index contributed by atoms with van der Waals surface area (Å²) in [6, 6.07) is 29.5. The summed E-state index contributed by atoms with van der Waals surface area (Å²) in [4.78, 5) is 23.7. The van der Waals surface area contributed by atoms with Crippen molar-refractivity contribution < 1.29 is 19.4 Å². The Morgan fingerprint density at radius 1 is 0.829 bits per heavy atom. The average Bonchev–Trinajstić information content (AvgIpc) is 2.87. The first-order valence-electron chi connectivity index (χ1n) is 11.2. The minimum atomic E-state index is -0.889. The first-order valence-corrected chi connectivity index (χ1v) is 11.6. The van der Waals surface area contributed by atoms with E-state index >= 15 is 0 Å². The SMILES string of the molecule is O=C(O)Cc1ccc(Oc2ccc(C(=O)NCCc3ccc(Cl)cc3)cc2)c(-c2ccccc2)c1. The molecule has 0 bridgehead atoms. The van der Waals surface area contributed by atoms with Crippen LogP contribution < -0.4 is 10.1 Å². The van der Waals surface area contributed by atoms with Crippen LogP contribution in [0.25, 0.3) is 11.1 Å². The summed E-state index contributed by atoms with van der Waals surface area (Å²) < 4.78 is 6.12. The summed E-state index contributed by atoms with van der Waals surface area (Å²) in [5.41, 5.74) is 4.05. The van der Waals surface area contributed by atoms with E-state index in [1.54, 1.807) is 36.4 Å². The van der Waals surface area contributed by atoms with Crippen molar-refractivity contribution in [3.63, 3.8) is 0 Å². The van der Waals surface area contributed by atoms with Gasteiger partial charge < -0.3 is 15.2 Å². The Hall–Kier alpha value is -4.09. The molecule has 6 heteroatoms. The smallest absolute Gasteiger partial charge is 0.307 e. The van der Waals surface area contributed by atoms with E-state index in [-0.39, 0.29) is 12.3 Å². The van der Waals surface area contributed by atoms with Crippen molar-refractivity contribution >= 4 is 23.5 Å². The third kappa shape index (κ3) is 6.71. The number of carbonyl (C=O) groups is 2. The molecule has 2 N–H and O–H groups in total. The van der Waals surface area contributed by atoms with E-state index in [0.717, 1.165) is 16.7 Å². The molecule has 4 aromatic carbocycles. The number of rotatable bonds is 9. The minimum absolute atomic E-state index is 0.0675. The molecule has 0 fully saturated rings. The van der Waals surface area contributed by atoms with Crippen LogP contribution in [0.3, 0.4) is 0 Å². The molecule has 0 aliphatic rings. The normalized spacial score (nSPS) is 10.5. The van der Waals surface area contributed by atoms with Crippen molar-refractivity contribution in [1.29, 1.82) is 0 Å². The summed E-state index contributed by atoms with van der Waals surface area (Å²) in [6.45, 7) is 0.516. The maximum absolute atomic E-state index is 12.5. The lowest BCUT2D eigenvalue weighted by Crippen LogP contribution is -2.25. The molecule has 1 amide bonds.